The standard InChI is InChI=1S/C15H24N2O4/c1-15(2,3)21-14(19)17-10(9-18)8-11-12(16)6-5-7-13(11)20-4/h5-7,10,18H,8-9,16H2,1-4H3,(H,17,19). The van der Waals surface area contributed by atoms with Crippen LogP contribution in [0.1, 0.15) is 26.3 Å². The fourth-order valence-corrected chi connectivity index (χ4v) is 1.87. The first-order valence-electron chi connectivity index (χ1n) is 6.78. The van der Waals surface area contributed by atoms with Crippen LogP contribution < -0.4 is 15.8 Å². The summed E-state index contributed by atoms with van der Waals surface area (Å²) in [5.74, 6) is 0.624. The molecular formula is C15H24N2O4. The second-order valence-electron chi connectivity index (χ2n) is 5.76. The number of amides is 1. The number of nitrogens with one attached hydrogen (secondary N) is 1. The molecule has 0 saturated carbocycles. The fourth-order valence-electron chi connectivity index (χ4n) is 1.87. The van der Waals surface area contributed by atoms with Gasteiger partial charge in [0.1, 0.15) is 11.4 Å². The zero-order chi connectivity index (χ0) is 16.0. The summed E-state index contributed by atoms with van der Waals surface area (Å²) in [5.41, 5.74) is 6.64. The van der Waals surface area contributed by atoms with E-state index in [0.29, 0.717) is 17.9 Å². The summed E-state index contributed by atoms with van der Waals surface area (Å²) in [6, 6.07) is 4.82. The first-order chi connectivity index (χ1) is 9.76. The van der Waals surface area contributed by atoms with E-state index in [2.05, 4.69) is 5.32 Å². The van der Waals surface area contributed by atoms with Crippen molar-refractivity contribution in [1.29, 1.82) is 0 Å². The maximum absolute atomic E-state index is 11.8. The van der Waals surface area contributed by atoms with Crippen molar-refractivity contribution < 1.29 is 19.4 Å². The van der Waals surface area contributed by atoms with Crippen molar-refractivity contribution in [3.05, 3.63) is 23.8 Å². The molecule has 0 bridgehead atoms. The van der Waals surface area contributed by atoms with Crippen LogP contribution in [0.5, 0.6) is 5.75 Å². The Bertz CT molecular complexity index is 483. The van der Waals surface area contributed by atoms with E-state index in [1.165, 1.54) is 0 Å². The molecule has 6 nitrogen and oxygen atoms in total. The summed E-state index contributed by atoms with van der Waals surface area (Å²) in [7, 11) is 1.55. The molecule has 1 unspecified atom stereocenters. The lowest BCUT2D eigenvalue weighted by Gasteiger charge is -2.23. The molecule has 0 radical (unpaired) electrons. The van der Waals surface area contributed by atoms with Crippen LogP contribution in [0.25, 0.3) is 0 Å². The molecule has 1 aromatic rings. The molecule has 6 heteroatoms. The number of alkyl carbamates (subject to hydrolysis) is 1. The van der Waals surface area contributed by atoms with Gasteiger partial charge in [0, 0.05) is 17.7 Å². The zero-order valence-corrected chi connectivity index (χ0v) is 13.0. The molecule has 0 aliphatic rings. The van der Waals surface area contributed by atoms with Gasteiger partial charge in [0.25, 0.3) is 0 Å². The summed E-state index contributed by atoms with van der Waals surface area (Å²) >= 11 is 0. The van der Waals surface area contributed by atoms with Crippen LogP contribution in [0.15, 0.2) is 18.2 Å². The third-order valence-corrected chi connectivity index (χ3v) is 2.78. The molecule has 0 aliphatic carbocycles. The van der Waals surface area contributed by atoms with E-state index >= 15 is 0 Å². The van der Waals surface area contributed by atoms with Crippen molar-refractivity contribution in [2.45, 2.75) is 38.8 Å². The highest BCUT2D eigenvalue weighted by atomic mass is 16.6. The molecule has 0 fully saturated rings. The van der Waals surface area contributed by atoms with Gasteiger partial charge in [-0.1, -0.05) is 6.07 Å². The number of carbonyl (C=O) groups is 1. The molecule has 4 N–H and O–H groups in total. The number of carbonyl (C=O) groups excluding carboxylic acids is 1. The molecule has 0 heterocycles. The summed E-state index contributed by atoms with van der Waals surface area (Å²) in [5, 5.41) is 12.1. The van der Waals surface area contributed by atoms with Crippen LogP contribution in [0.4, 0.5) is 10.5 Å². The minimum Gasteiger partial charge on any atom is -0.496 e. The number of rotatable bonds is 5. The van der Waals surface area contributed by atoms with Crippen LogP contribution >= 0.6 is 0 Å². The summed E-state index contributed by atoms with van der Waals surface area (Å²) < 4.78 is 10.4. The number of anilines is 1. The largest absolute Gasteiger partial charge is 0.496 e. The Morgan fingerprint density at radius 3 is 2.62 bits per heavy atom. The third-order valence-electron chi connectivity index (χ3n) is 2.78. The van der Waals surface area contributed by atoms with Crippen molar-refractivity contribution in [2.24, 2.45) is 0 Å². The summed E-state index contributed by atoms with van der Waals surface area (Å²) in [4.78, 5) is 11.8. The molecule has 1 atom stereocenters. The molecule has 1 rings (SSSR count). The van der Waals surface area contributed by atoms with Gasteiger partial charge in [-0.2, -0.15) is 0 Å². The quantitative estimate of drug-likeness (QED) is 0.719. The SMILES string of the molecule is COc1cccc(N)c1CC(CO)NC(=O)OC(C)(C)C. The molecule has 1 aromatic carbocycles. The Labute approximate surface area is 125 Å². The fraction of sp³-hybridized carbons (Fsp3) is 0.533. The minimum atomic E-state index is -0.590. The van der Waals surface area contributed by atoms with Crippen molar-refractivity contribution in [3.8, 4) is 5.75 Å². The Balaban J connectivity index is 2.77. The van der Waals surface area contributed by atoms with Crippen LogP contribution in [0.2, 0.25) is 0 Å². The molecule has 1 amide bonds. The lowest BCUT2D eigenvalue weighted by Crippen LogP contribution is -2.42. The highest BCUT2D eigenvalue weighted by Crippen LogP contribution is 2.25. The van der Waals surface area contributed by atoms with Crippen LogP contribution in [0, 0.1) is 0 Å². The van der Waals surface area contributed by atoms with E-state index in [1.54, 1.807) is 46.1 Å². The predicted octanol–water partition coefficient (Wildman–Crippen LogP) is 1.71. The number of benzene rings is 1. The van der Waals surface area contributed by atoms with Crippen molar-refractivity contribution in [1.82, 2.24) is 5.32 Å². The Kier molecular flexibility index (Phi) is 5.84. The number of aliphatic hydroxyl groups is 1. The van der Waals surface area contributed by atoms with E-state index in [-0.39, 0.29) is 6.61 Å². The molecule has 0 saturated heterocycles. The predicted molar refractivity (Wildman–Crippen MR) is 81.4 cm³/mol. The van der Waals surface area contributed by atoms with Gasteiger partial charge in [-0.25, -0.2) is 4.79 Å². The van der Waals surface area contributed by atoms with Gasteiger partial charge >= 0.3 is 6.09 Å². The monoisotopic (exact) mass is 296 g/mol. The number of aliphatic hydroxyl groups excluding tert-OH is 1. The van der Waals surface area contributed by atoms with Crippen LogP contribution in [0.3, 0.4) is 0 Å². The Morgan fingerprint density at radius 2 is 2.10 bits per heavy atom. The van der Waals surface area contributed by atoms with Crippen molar-refractivity contribution in [3.63, 3.8) is 0 Å². The first kappa shape index (κ1) is 17.1. The highest BCUT2D eigenvalue weighted by molar-refractivity contribution is 5.68. The maximum Gasteiger partial charge on any atom is 0.407 e. The van der Waals surface area contributed by atoms with Gasteiger partial charge in [-0.15, -0.1) is 0 Å². The van der Waals surface area contributed by atoms with Crippen molar-refractivity contribution >= 4 is 11.8 Å². The molecule has 0 aromatic heterocycles. The molecule has 21 heavy (non-hydrogen) atoms. The smallest absolute Gasteiger partial charge is 0.407 e. The second kappa shape index (κ2) is 7.17. The second-order valence-corrected chi connectivity index (χ2v) is 5.76. The third kappa shape index (κ3) is 5.51. The number of methoxy groups -OCH3 is 1. The summed E-state index contributed by atoms with van der Waals surface area (Å²) in [6.45, 7) is 5.10. The van der Waals surface area contributed by atoms with Crippen molar-refractivity contribution in [2.75, 3.05) is 19.5 Å². The maximum atomic E-state index is 11.8. The zero-order valence-electron chi connectivity index (χ0n) is 13.0. The van der Waals surface area contributed by atoms with Crippen LogP contribution in [-0.4, -0.2) is 36.6 Å². The lowest BCUT2D eigenvalue weighted by atomic mass is 10.0. The summed E-state index contributed by atoms with van der Waals surface area (Å²) in [6.07, 6.45) is -0.221. The van der Waals surface area contributed by atoms with E-state index in [0.717, 1.165) is 5.56 Å². The number of ether oxygens (including phenoxy) is 2. The molecule has 118 valence electrons. The van der Waals surface area contributed by atoms with E-state index < -0.39 is 17.7 Å². The van der Waals surface area contributed by atoms with Gasteiger partial charge in [0.15, 0.2) is 0 Å². The molecular weight excluding hydrogens is 272 g/mol. The van der Waals surface area contributed by atoms with Gasteiger partial charge in [0.05, 0.1) is 19.8 Å². The first-order valence-corrected chi connectivity index (χ1v) is 6.78. The normalized spacial score (nSPS) is 12.6. The van der Waals surface area contributed by atoms with Gasteiger partial charge < -0.3 is 25.6 Å². The van der Waals surface area contributed by atoms with Gasteiger partial charge in [-0.05, 0) is 32.9 Å². The number of nitrogens with two attached hydrogens (primary N) is 1. The lowest BCUT2D eigenvalue weighted by molar-refractivity contribution is 0.0482. The topological polar surface area (TPSA) is 93.8 Å². The van der Waals surface area contributed by atoms with Gasteiger partial charge in [0.2, 0.25) is 0 Å². The van der Waals surface area contributed by atoms with E-state index in [1.807, 2.05) is 0 Å². The molecule has 0 spiro atoms. The number of hydrogen-bond acceptors (Lipinski definition) is 5. The van der Waals surface area contributed by atoms with Gasteiger partial charge in [-0.3, -0.25) is 0 Å². The average molecular weight is 296 g/mol. The number of hydrogen-bond donors (Lipinski definition) is 3. The number of nitrogen functional groups attached to an aromatic ring is 1. The average Bonchev–Trinajstić information content (AvgIpc) is 2.37. The van der Waals surface area contributed by atoms with E-state index in [4.69, 9.17) is 15.2 Å². The van der Waals surface area contributed by atoms with Crippen LogP contribution in [-0.2, 0) is 11.2 Å². The minimum absolute atomic E-state index is 0.225. The molecule has 0 aliphatic heterocycles. The Hall–Kier alpha value is -1.95. The van der Waals surface area contributed by atoms with E-state index in [9.17, 15) is 9.90 Å². The Morgan fingerprint density at radius 1 is 1.43 bits per heavy atom. The highest BCUT2D eigenvalue weighted by Gasteiger charge is 2.21.